The average molecular weight is 305 g/mol. The van der Waals surface area contributed by atoms with Crippen molar-refractivity contribution in [1.29, 1.82) is 0 Å². The van der Waals surface area contributed by atoms with E-state index in [1.807, 2.05) is 0 Å². The number of anilines is 1. The lowest BCUT2D eigenvalue weighted by Gasteiger charge is -2.18. The lowest BCUT2D eigenvalue weighted by atomic mass is 10.1. The van der Waals surface area contributed by atoms with Crippen molar-refractivity contribution in [3.8, 4) is 0 Å². The van der Waals surface area contributed by atoms with Crippen molar-refractivity contribution in [1.82, 2.24) is 0 Å². The third-order valence-electron chi connectivity index (χ3n) is 2.97. The second kappa shape index (κ2) is 4.82. The van der Waals surface area contributed by atoms with Gasteiger partial charge in [0, 0.05) is 13.0 Å². The monoisotopic (exact) mass is 305 g/mol. The van der Waals surface area contributed by atoms with Gasteiger partial charge in [-0.2, -0.15) is 8.42 Å². The van der Waals surface area contributed by atoms with E-state index in [-0.39, 0.29) is 11.3 Å². The molecule has 1 amide bonds. The van der Waals surface area contributed by atoms with E-state index in [1.165, 1.54) is 0 Å². The summed E-state index contributed by atoms with van der Waals surface area (Å²) < 4.78 is 47.7. The molecule has 108 valence electrons. The van der Waals surface area contributed by atoms with Crippen LogP contribution >= 0.6 is 0 Å². The van der Waals surface area contributed by atoms with Crippen LogP contribution in [0.3, 0.4) is 0 Å². The third-order valence-corrected chi connectivity index (χ3v) is 4.08. The van der Waals surface area contributed by atoms with Crippen LogP contribution in [0, 0.1) is 5.82 Å². The maximum atomic E-state index is 13.2. The van der Waals surface area contributed by atoms with Gasteiger partial charge in [0.1, 0.15) is 11.1 Å². The van der Waals surface area contributed by atoms with Gasteiger partial charge in [0.05, 0.1) is 11.3 Å². The minimum atomic E-state index is -4.92. The second-order valence-corrected chi connectivity index (χ2v) is 5.89. The first-order valence-electron chi connectivity index (χ1n) is 5.47. The van der Waals surface area contributed by atoms with E-state index < -0.39 is 46.1 Å². The molecule has 0 bridgehead atoms. The molecule has 1 saturated heterocycles. The third kappa shape index (κ3) is 2.62. The topological polar surface area (TPSA) is 91.8 Å². The van der Waals surface area contributed by atoms with Gasteiger partial charge in [-0.1, -0.05) is 0 Å². The summed E-state index contributed by atoms with van der Waals surface area (Å²) in [5.41, 5.74) is -0.648. The average Bonchev–Trinajstić information content (AvgIpc) is 2.70. The fourth-order valence-electron chi connectivity index (χ4n) is 2.01. The summed E-state index contributed by atoms with van der Waals surface area (Å²) in [4.78, 5) is 23.5. The molecule has 0 aliphatic carbocycles. The summed E-state index contributed by atoms with van der Waals surface area (Å²) in [6, 6.07) is 2.66. The predicted octanol–water partition coefficient (Wildman–Crippen LogP) is 0.929. The first kappa shape index (κ1) is 14.4. The minimum Gasteiger partial charge on any atom is -0.478 e. The van der Waals surface area contributed by atoms with Crippen LogP contribution in [0.15, 0.2) is 18.2 Å². The zero-order valence-corrected chi connectivity index (χ0v) is 10.7. The fraction of sp³-hybridized carbons (Fsp3) is 0.273. The summed E-state index contributed by atoms with van der Waals surface area (Å²) in [7, 11) is -4.92. The van der Waals surface area contributed by atoms with E-state index in [0.717, 1.165) is 23.1 Å². The first-order chi connectivity index (χ1) is 9.20. The van der Waals surface area contributed by atoms with Gasteiger partial charge in [0.15, 0.2) is 0 Å². The number of carboxylic acids is 1. The number of carboxylic acid groups (broad SMARTS) is 1. The van der Waals surface area contributed by atoms with E-state index >= 15 is 0 Å². The highest BCUT2D eigenvalue weighted by Gasteiger charge is 2.40. The van der Waals surface area contributed by atoms with Gasteiger partial charge in [-0.05, 0) is 18.2 Å². The van der Waals surface area contributed by atoms with Crippen molar-refractivity contribution in [2.75, 3.05) is 11.4 Å². The van der Waals surface area contributed by atoms with Crippen LogP contribution in [0.1, 0.15) is 16.8 Å². The summed E-state index contributed by atoms with van der Waals surface area (Å²) in [6.07, 6.45) is -0.603. The molecule has 1 atom stereocenters. The molecule has 1 N–H and O–H groups in total. The maximum absolute atomic E-state index is 13.2. The molecule has 1 fully saturated rings. The van der Waals surface area contributed by atoms with Crippen molar-refractivity contribution in [3.05, 3.63) is 29.6 Å². The number of hydrogen-bond donors (Lipinski definition) is 1. The summed E-state index contributed by atoms with van der Waals surface area (Å²) in [5, 5.41) is 7.41. The molecule has 0 radical (unpaired) electrons. The van der Waals surface area contributed by atoms with Crippen LogP contribution in [0.5, 0.6) is 0 Å². The molecule has 0 saturated carbocycles. The standard InChI is InChI=1S/C11H9F2NO5S/c12-6-1-2-8(11(16)17)9(3-6)14-5-7(4-10(14)15)20(13,18)19/h1-3,7H,4-5H2,(H,16,17). The Morgan fingerprint density at radius 2 is 2.05 bits per heavy atom. The Kier molecular flexibility index (Phi) is 3.46. The van der Waals surface area contributed by atoms with Crippen LogP contribution in [-0.2, 0) is 15.0 Å². The van der Waals surface area contributed by atoms with Gasteiger partial charge in [0.25, 0.3) is 0 Å². The van der Waals surface area contributed by atoms with Gasteiger partial charge in [-0.3, -0.25) is 4.79 Å². The van der Waals surface area contributed by atoms with Gasteiger partial charge in [0.2, 0.25) is 5.91 Å². The van der Waals surface area contributed by atoms with Crippen molar-refractivity contribution in [2.24, 2.45) is 0 Å². The Morgan fingerprint density at radius 1 is 1.40 bits per heavy atom. The van der Waals surface area contributed by atoms with Gasteiger partial charge in [-0.15, -0.1) is 3.89 Å². The van der Waals surface area contributed by atoms with Crippen LogP contribution in [0.4, 0.5) is 14.0 Å². The normalized spacial score (nSPS) is 19.4. The maximum Gasteiger partial charge on any atom is 0.337 e. The van der Waals surface area contributed by atoms with E-state index in [1.54, 1.807) is 0 Å². The van der Waals surface area contributed by atoms with Crippen molar-refractivity contribution >= 4 is 27.8 Å². The van der Waals surface area contributed by atoms with E-state index in [2.05, 4.69) is 0 Å². The lowest BCUT2D eigenvalue weighted by Crippen LogP contribution is -2.28. The second-order valence-electron chi connectivity index (χ2n) is 4.27. The smallest absolute Gasteiger partial charge is 0.337 e. The SMILES string of the molecule is O=C(O)c1ccc(F)cc1N1CC(S(=O)(=O)F)CC1=O. The molecule has 9 heteroatoms. The number of nitrogens with zero attached hydrogens (tertiary/aromatic N) is 1. The summed E-state index contributed by atoms with van der Waals surface area (Å²) >= 11 is 0. The van der Waals surface area contributed by atoms with E-state index in [4.69, 9.17) is 5.11 Å². The van der Waals surface area contributed by atoms with Crippen LogP contribution in [0.25, 0.3) is 0 Å². The van der Waals surface area contributed by atoms with E-state index in [0.29, 0.717) is 0 Å². The first-order valence-corrected chi connectivity index (χ1v) is 6.91. The molecular formula is C11H9F2NO5S. The number of halogens is 2. The number of amides is 1. The van der Waals surface area contributed by atoms with Crippen LogP contribution in [-0.4, -0.2) is 37.2 Å². The number of hydrogen-bond acceptors (Lipinski definition) is 4. The number of carbonyl (C=O) groups excluding carboxylic acids is 1. The summed E-state index contributed by atoms with van der Waals surface area (Å²) in [5.74, 6) is -2.96. The van der Waals surface area contributed by atoms with Gasteiger partial charge in [-0.25, -0.2) is 9.18 Å². The van der Waals surface area contributed by atoms with Crippen LogP contribution in [0.2, 0.25) is 0 Å². The van der Waals surface area contributed by atoms with Gasteiger partial charge >= 0.3 is 16.2 Å². The predicted molar refractivity (Wildman–Crippen MR) is 64.1 cm³/mol. The molecule has 1 aliphatic rings. The zero-order chi connectivity index (χ0) is 15.1. The molecule has 6 nitrogen and oxygen atoms in total. The van der Waals surface area contributed by atoms with Crippen molar-refractivity contribution < 1.29 is 31.4 Å². The molecular weight excluding hydrogens is 296 g/mol. The largest absolute Gasteiger partial charge is 0.478 e. The number of rotatable bonds is 3. The Hall–Kier alpha value is -2.03. The van der Waals surface area contributed by atoms with Crippen molar-refractivity contribution in [3.63, 3.8) is 0 Å². The number of benzene rings is 1. The van der Waals surface area contributed by atoms with Gasteiger partial charge < -0.3 is 10.0 Å². The molecule has 1 heterocycles. The molecule has 1 aliphatic heterocycles. The Morgan fingerprint density at radius 3 is 2.55 bits per heavy atom. The quantitative estimate of drug-likeness (QED) is 0.839. The Bertz CT molecular complexity index is 688. The Labute approximate surface area is 112 Å². The van der Waals surface area contributed by atoms with Crippen molar-refractivity contribution in [2.45, 2.75) is 11.7 Å². The molecule has 1 aromatic rings. The number of carbonyl (C=O) groups is 2. The Balaban J connectivity index is 2.45. The molecule has 0 spiro atoms. The molecule has 0 aromatic heterocycles. The molecule has 1 aromatic carbocycles. The molecule has 20 heavy (non-hydrogen) atoms. The highest BCUT2D eigenvalue weighted by molar-refractivity contribution is 7.87. The highest BCUT2D eigenvalue weighted by Crippen LogP contribution is 2.29. The summed E-state index contributed by atoms with van der Waals surface area (Å²) in [6.45, 7) is -0.540. The van der Waals surface area contributed by atoms with E-state index in [9.17, 15) is 26.3 Å². The fourth-order valence-corrected chi connectivity index (χ4v) is 2.67. The lowest BCUT2D eigenvalue weighted by molar-refractivity contribution is -0.117. The highest BCUT2D eigenvalue weighted by atomic mass is 32.3. The molecule has 1 unspecified atom stereocenters. The van der Waals surface area contributed by atoms with Crippen LogP contribution < -0.4 is 4.90 Å². The molecule has 2 rings (SSSR count). The minimum absolute atomic E-state index is 0.284. The number of aromatic carboxylic acids is 1. The zero-order valence-electron chi connectivity index (χ0n) is 9.92.